The number of hydrogen-bond acceptors (Lipinski definition) is 2. The molecule has 0 aliphatic carbocycles. The van der Waals surface area contributed by atoms with Crippen LogP contribution >= 0.6 is 0 Å². The van der Waals surface area contributed by atoms with E-state index in [1.54, 1.807) is 0 Å². The number of nitrogens with one attached hydrogen (secondary N) is 1. The molecule has 2 heterocycles. The first-order valence-corrected chi connectivity index (χ1v) is 5.06. The Morgan fingerprint density at radius 2 is 2.29 bits per heavy atom. The molecule has 76 valence electrons. The Balaban J connectivity index is 2.19. The summed E-state index contributed by atoms with van der Waals surface area (Å²) in [5.41, 5.74) is 1.20. The lowest BCUT2D eigenvalue weighted by Gasteiger charge is -2.28. The van der Waals surface area contributed by atoms with E-state index in [4.69, 9.17) is 0 Å². The average molecular weight is 192 g/mol. The fraction of sp³-hybridized carbons (Fsp3) is 0.545. The summed E-state index contributed by atoms with van der Waals surface area (Å²) in [6.45, 7) is 2.06. The third kappa shape index (κ3) is 1.73. The number of rotatable bonds is 1. The maximum absolute atomic E-state index is 11.4. The van der Waals surface area contributed by atoms with Gasteiger partial charge in [-0.3, -0.25) is 4.79 Å². The van der Waals surface area contributed by atoms with Crippen LogP contribution < -0.4 is 5.32 Å². The number of nitrogens with zero attached hydrogens (tertiary/aromatic N) is 1. The van der Waals surface area contributed by atoms with Crippen molar-refractivity contribution in [2.45, 2.75) is 31.8 Å². The van der Waals surface area contributed by atoms with Crippen LogP contribution in [0.4, 0.5) is 0 Å². The maximum atomic E-state index is 11.4. The van der Waals surface area contributed by atoms with E-state index in [1.165, 1.54) is 5.69 Å². The third-order valence-corrected chi connectivity index (χ3v) is 2.79. The summed E-state index contributed by atoms with van der Waals surface area (Å²) in [6.07, 6.45) is 3.31. The summed E-state index contributed by atoms with van der Waals surface area (Å²) < 4.78 is 2.07. The lowest BCUT2D eigenvalue weighted by atomic mass is 9.96. The second-order valence-corrected chi connectivity index (χ2v) is 4.11. The molecule has 0 aromatic carbocycles. The van der Waals surface area contributed by atoms with Crippen molar-refractivity contribution in [2.75, 3.05) is 0 Å². The molecular formula is C11H16N2O. The van der Waals surface area contributed by atoms with Crippen molar-refractivity contribution in [3.05, 3.63) is 24.0 Å². The highest BCUT2D eigenvalue weighted by Crippen LogP contribution is 2.23. The number of hydrogen-bond donors (Lipinski definition) is 1. The molecule has 0 amide bonds. The first-order valence-electron chi connectivity index (χ1n) is 5.06. The van der Waals surface area contributed by atoms with Crippen molar-refractivity contribution < 1.29 is 4.79 Å². The minimum Gasteiger partial charge on any atom is -0.353 e. The van der Waals surface area contributed by atoms with Crippen molar-refractivity contribution in [2.24, 2.45) is 7.05 Å². The van der Waals surface area contributed by atoms with Gasteiger partial charge in [-0.05, 0) is 19.1 Å². The van der Waals surface area contributed by atoms with Crippen molar-refractivity contribution in [3.63, 3.8) is 0 Å². The Morgan fingerprint density at radius 1 is 1.50 bits per heavy atom. The van der Waals surface area contributed by atoms with E-state index >= 15 is 0 Å². The quantitative estimate of drug-likeness (QED) is 0.730. The Bertz CT molecular complexity index is 343. The highest BCUT2D eigenvalue weighted by atomic mass is 16.1. The second kappa shape index (κ2) is 3.58. The van der Waals surface area contributed by atoms with Crippen molar-refractivity contribution in [1.29, 1.82) is 0 Å². The fourth-order valence-electron chi connectivity index (χ4n) is 2.14. The van der Waals surface area contributed by atoms with Crippen molar-refractivity contribution in [3.8, 4) is 0 Å². The Hall–Kier alpha value is -1.09. The van der Waals surface area contributed by atoms with E-state index in [2.05, 4.69) is 22.9 Å². The summed E-state index contributed by atoms with van der Waals surface area (Å²) in [7, 11) is 2.01. The summed E-state index contributed by atoms with van der Waals surface area (Å²) in [5.74, 6) is 0.363. The Kier molecular flexibility index (Phi) is 2.42. The van der Waals surface area contributed by atoms with Gasteiger partial charge in [0.1, 0.15) is 5.78 Å². The van der Waals surface area contributed by atoms with Gasteiger partial charge in [-0.2, -0.15) is 0 Å². The summed E-state index contributed by atoms with van der Waals surface area (Å²) in [4.78, 5) is 11.4. The summed E-state index contributed by atoms with van der Waals surface area (Å²) >= 11 is 0. The normalized spacial score (nSPS) is 28.0. The minimum atomic E-state index is 0.200. The number of carbonyl (C=O) groups excluding carboxylic acids is 1. The molecule has 0 saturated carbocycles. The molecule has 1 aliphatic heterocycles. The Morgan fingerprint density at radius 3 is 2.86 bits per heavy atom. The van der Waals surface area contributed by atoms with Gasteiger partial charge >= 0.3 is 0 Å². The lowest BCUT2D eigenvalue weighted by Crippen LogP contribution is -2.39. The zero-order valence-electron chi connectivity index (χ0n) is 8.66. The first kappa shape index (κ1) is 9.46. The molecule has 3 nitrogen and oxygen atoms in total. The standard InChI is InChI=1S/C11H16N2O/c1-8-6-9(14)7-10(12-8)11-4-3-5-13(11)2/h3-5,8,10,12H,6-7H2,1-2H3. The van der Waals surface area contributed by atoms with Crippen LogP contribution in [-0.4, -0.2) is 16.4 Å². The second-order valence-electron chi connectivity index (χ2n) is 4.11. The van der Waals surface area contributed by atoms with Crippen LogP contribution in [0.2, 0.25) is 0 Å². The van der Waals surface area contributed by atoms with Crippen LogP contribution in [0.5, 0.6) is 0 Å². The molecule has 1 fully saturated rings. The highest BCUT2D eigenvalue weighted by molar-refractivity contribution is 5.80. The van der Waals surface area contributed by atoms with Gasteiger partial charge in [-0.1, -0.05) is 0 Å². The van der Waals surface area contributed by atoms with Gasteiger partial charge in [-0.15, -0.1) is 0 Å². The predicted octanol–water partition coefficient (Wildman–Crippen LogP) is 1.41. The van der Waals surface area contributed by atoms with E-state index < -0.39 is 0 Å². The van der Waals surface area contributed by atoms with Crippen LogP contribution in [0.15, 0.2) is 18.3 Å². The molecule has 2 rings (SSSR count). The summed E-state index contributed by atoms with van der Waals surface area (Å²) in [6, 6.07) is 4.59. The van der Waals surface area contributed by atoms with Gasteiger partial charge in [0, 0.05) is 37.8 Å². The maximum Gasteiger partial charge on any atom is 0.136 e. The molecule has 14 heavy (non-hydrogen) atoms. The molecule has 2 atom stereocenters. The van der Waals surface area contributed by atoms with Crippen LogP contribution in [-0.2, 0) is 11.8 Å². The molecule has 0 radical (unpaired) electrons. The molecule has 1 saturated heterocycles. The van der Waals surface area contributed by atoms with Gasteiger partial charge in [-0.25, -0.2) is 0 Å². The van der Waals surface area contributed by atoms with Crippen LogP contribution in [0, 0.1) is 0 Å². The topological polar surface area (TPSA) is 34.0 Å². The Labute approximate surface area is 84.1 Å². The number of aryl methyl sites for hydroxylation is 1. The molecule has 1 aromatic rings. The number of Topliss-reactive ketones (excluding diaryl/α,β-unsaturated/α-hetero) is 1. The molecule has 0 spiro atoms. The van der Waals surface area contributed by atoms with Crippen LogP contribution in [0.1, 0.15) is 31.5 Å². The average Bonchev–Trinajstić information content (AvgIpc) is 2.49. The molecule has 1 aromatic heterocycles. The van der Waals surface area contributed by atoms with Gasteiger partial charge in [0.2, 0.25) is 0 Å². The van der Waals surface area contributed by atoms with Crippen molar-refractivity contribution >= 4 is 5.78 Å². The van der Waals surface area contributed by atoms with Crippen LogP contribution in [0.3, 0.4) is 0 Å². The van der Waals surface area contributed by atoms with Gasteiger partial charge in [0.05, 0.1) is 6.04 Å². The molecule has 2 unspecified atom stereocenters. The van der Waals surface area contributed by atoms with Gasteiger partial charge < -0.3 is 9.88 Å². The predicted molar refractivity (Wildman–Crippen MR) is 55.0 cm³/mol. The molecule has 0 bridgehead atoms. The fourth-order valence-corrected chi connectivity index (χ4v) is 2.14. The molecule has 1 aliphatic rings. The lowest BCUT2D eigenvalue weighted by molar-refractivity contribution is -0.121. The zero-order valence-corrected chi connectivity index (χ0v) is 8.66. The number of carbonyl (C=O) groups is 1. The van der Waals surface area contributed by atoms with E-state index in [0.717, 1.165) is 0 Å². The van der Waals surface area contributed by atoms with E-state index in [0.29, 0.717) is 24.7 Å². The number of aromatic nitrogens is 1. The molecule has 3 heteroatoms. The minimum absolute atomic E-state index is 0.200. The molecule has 1 N–H and O–H groups in total. The monoisotopic (exact) mass is 192 g/mol. The SMILES string of the molecule is CC1CC(=O)CC(c2cccn2C)N1. The van der Waals surface area contributed by atoms with Crippen molar-refractivity contribution in [1.82, 2.24) is 9.88 Å². The number of ketones is 1. The third-order valence-electron chi connectivity index (χ3n) is 2.79. The zero-order chi connectivity index (χ0) is 10.1. The number of piperidine rings is 1. The largest absolute Gasteiger partial charge is 0.353 e. The summed E-state index contributed by atoms with van der Waals surface area (Å²) in [5, 5.41) is 3.45. The highest BCUT2D eigenvalue weighted by Gasteiger charge is 2.25. The van der Waals surface area contributed by atoms with Crippen LogP contribution in [0.25, 0.3) is 0 Å². The smallest absolute Gasteiger partial charge is 0.136 e. The van der Waals surface area contributed by atoms with Gasteiger partial charge in [0.25, 0.3) is 0 Å². The van der Waals surface area contributed by atoms with E-state index in [9.17, 15) is 4.79 Å². The molecular weight excluding hydrogens is 176 g/mol. The van der Waals surface area contributed by atoms with E-state index in [1.807, 2.05) is 19.3 Å². The first-order chi connectivity index (χ1) is 6.66. The van der Waals surface area contributed by atoms with E-state index in [-0.39, 0.29) is 6.04 Å². The van der Waals surface area contributed by atoms with Gasteiger partial charge in [0.15, 0.2) is 0 Å².